The molecule has 3 rings (SSSR count). The summed E-state index contributed by atoms with van der Waals surface area (Å²) in [6.07, 6.45) is 5.15. The normalized spacial score (nSPS) is 16.1. The average Bonchev–Trinajstić information content (AvgIpc) is 2.54. The molecule has 6 heteroatoms. The van der Waals surface area contributed by atoms with Gasteiger partial charge in [0.25, 0.3) is 0 Å². The van der Waals surface area contributed by atoms with Crippen LogP contribution in [-0.4, -0.2) is 40.2 Å². The summed E-state index contributed by atoms with van der Waals surface area (Å²) in [7, 11) is -1.18. The third-order valence-electron chi connectivity index (χ3n) is 4.98. The van der Waals surface area contributed by atoms with E-state index >= 15 is 0 Å². The summed E-state index contributed by atoms with van der Waals surface area (Å²) >= 11 is 0. The van der Waals surface area contributed by atoms with Crippen molar-refractivity contribution >= 4 is 23.8 Å². The van der Waals surface area contributed by atoms with Gasteiger partial charge in [-0.15, -0.1) is 0 Å². The summed E-state index contributed by atoms with van der Waals surface area (Å²) in [5.74, 6) is 1.60. The average molecular weight is 313 g/mol. The van der Waals surface area contributed by atoms with Crippen molar-refractivity contribution in [2.24, 2.45) is 5.92 Å². The lowest BCUT2D eigenvalue weighted by Crippen LogP contribution is -2.34. The number of fused-ring (bicyclic) bond motifs is 1. The first kappa shape index (κ1) is 16.2. The Kier molecular flexibility index (Phi) is 4.83. The Balaban J connectivity index is 1.76. The maximum absolute atomic E-state index is 9.01. The molecule has 0 aliphatic carbocycles. The van der Waals surface area contributed by atoms with E-state index in [2.05, 4.69) is 40.8 Å². The largest absolute Gasteiger partial charge is 0.451 e. The number of hydrogen-bond donors (Lipinski definition) is 2. The summed E-state index contributed by atoms with van der Waals surface area (Å²) < 4.78 is 0. The third-order valence-corrected chi connectivity index (χ3v) is 4.98. The molecule has 1 aromatic heterocycles. The summed E-state index contributed by atoms with van der Waals surface area (Å²) in [6, 6.07) is 4.32. The van der Waals surface area contributed by atoms with Gasteiger partial charge in [0.15, 0.2) is 0 Å². The van der Waals surface area contributed by atoms with Gasteiger partial charge in [-0.2, -0.15) is 0 Å². The fourth-order valence-corrected chi connectivity index (χ4v) is 3.37. The SMILES string of the molecule is Cc1cc2ncnc(N3CCC(CCB(O)O)CC3)c2cc1C. The van der Waals surface area contributed by atoms with E-state index in [0.717, 1.165) is 49.1 Å². The minimum atomic E-state index is -1.18. The van der Waals surface area contributed by atoms with Crippen LogP contribution in [0.25, 0.3) is 10.9 Å². The van der Waals surface area contributed by atoms with E-state index in [-0.39, 0.29) is 0 Å². The standard InChI is InChI=1S/C17H24BN3O2/c1-12-9-15-16(10-13(12)2)19-11-20-17(15)21-7-4-14(5-8-21)3-6-18(22)23/h9-11,14,22-23H,3-8H2,1-2H3. The molecule has 5 nitrogen and oxygen atoms in total. The van der Waals surface area contributed by atoms with Crippen LogP contribution in [0.5, 0.6) is 0 Å². The lowest BCUT2D eigenvalue weighted by molar-refractivity contribution is 0.361. The van der Waals surface area contributed by atoms with E-state index in [9.17, 15) is 0 Å². The maximum Gasteiger partial charge on any atom is 0.451 e. The lowest BCUT2D eigenvalue weighted by Gasteiger charge is -2.33. The van der Waals surface area contributed by atoms with Crippen molar-refractivity contribution in [1.82, 2.24) is 9.97 Å². The highest BCUT2D eigenvalue weighted by Crippen LogP contribution is 2.30. The quantitative estimate of drug-likeness (QED) is 0.848. The second-order valence-corrected chi connectivity index (χ2v) is 6.64. The van der Waals surface area contributed by atoms with Gasteiger partial charge in [0.05, 0.1) is 5.52 Å². The molecule has 1 fully saturated rings. The molecule has 2 aromatic rings. The number of anilines is 1. The van der Waals surface area contributed by atoms with Crippen molar-refractivity contribution in [2.75, 3.05) is 18.0 Å². The first-order valence-electron chi connectivity index (χ1n) is 8.37. The summed E-state index contributed by atoms with van der Waals surface area (Å²) in [6.45, 7) is 6.16. The van der Waals surface area contributed by atoms with Gasteiger partial charge in [0.2, 0.25) is 0 Å². The van der Waals surface area contributed by atoms with Gasteiger partial charge >= 0.3 is 7.12 Å². The minimum Gasteiger partial charge on any atom is -0.427 e. The molecule has 2 heterocycles. The number of aryl methyl sites for hydroxylation is 2. The number of hydrogen-bond acceptors (Lipinski definition) is 5. The number of piperidine rings is 1. The van der Waals surface area contributed by atoms with Crippen molar-refractivity contribution in [3.63, 3.8) is 0 Å². The van der Waals surface area contributed by atoms with Crippen molar-refractivity contribution in [3.05, 3.63) is 29.6 Å². The molecule has 1 saturated heterocycles. The Morgan fingerprint density at radius 3 is 2.52 bits per heavy atom. The molecule has 0 radical (unpaired) electrons. The predicted molar refractivity (Wildman–Crippen MR) is 93.6 cm³/mol. The van der Waals surface area contributed by atoms with E-state index in [1.807, 2.05) is 0 Å². The number of rotatable bonds is 4. The number of benzene rings is 1. The Labute approximate surface area is 137 Å². The van der Waals surface area contributed by atoms with E-state index in [1.54, 1.807) is 6.33 Å². The summed E-state index contributed by atoms with van der Waals surface area (Å²) in [5, 5.41) is 19.1. The second kappa shape index (κ2) is 6.85. The molecule has 0 saturated carbocycles. The first-order chi connectivity index (χ1) is 11.0. The van der Waals surface area contributed by atoms with Crippen LogP contribution >= 0.6 is 0 Å². The Bertz CT molecular complexity index is 685. The van der Waals surface area contributed by atoms with Crippen LogP contribution in [-0.2, 0) is 0 Å². The van der Waals surface area contributed by atoms with Crippen molar-refractivity contribution < 1.29 is 10.0 Å². The highest BCUT2D eigenvalue weighted by Gasteiger charge is 2.23. The Morgan fingerprint density at radius 2 is 1.83 bits per heavy atom. The van der Waals surface area contributed by atoms with Gasteiger partial charge in [-0.25, -0.2) is 9.97 Å². The first-order valence-corrected chi connectivity index (χ1v) is 8.37. The highest BCUT2D eigenvalue weighted by atomic mass is 16.4. The second-order valence-electron chi connectivity index (χ2n) is 6.64. The minimum absolute atomic E-state index is 0.472. The van der Waals surface area contributed by atoms with Crippen LogP contribution in [0.3, 0.4) is 0 Å². The maximum atomic E-state index is 9.01. The van der Waals surface area contributed by atoms with Gasteiger partial charge in [0.1, 0.15) is 12.1 Å². The molecule has 0 spiro atoms. The molecule has 0 bridgehead atoms. The molecule has 1 aromatic carbocycles. The monoisotopic (exact) mass is 313 g/mol. The Hall–Kier alpha value is -1.66. The van der Waals surface area contributed by atoms with Crippen molar-refractivity contribution in [3.8, 4) is 0 Å². The van der Waals surface area contributed by atoms with Gasteiger partial charge in [-0.3, -0.25) is 0 Å². The zero-order valence-corrected chi connectivity index (χ0v) is 13.9. The molecule has 0 amide bonds. The van der Waals surface area contributed by atoms with Gasteiger partial charge in [-0.05, 0) is 62.2 Å². The van der Waals surface area contributed by atoms with Gasteiger partial charge < -0.3 is 14.9 Å². The van der Waals surface area contributed by atoms with E-state index in [1.165, 1.54) is 11.1 Å². The van der Waals surface area contributed by atoms with Gasteiger partial charge in [0, 0.05) is 18.5 Å². The van der Waals surface area contributed by atoms with Crippen LogP contribution in [0.15, 0.2) is 18.5 Å². The molecule has 0 atom stereocenters. The van der Waals surface area contributed by atoms with Crippen LogP contribution < -0.4 is 4.90 Å². The van der Waals surface area contributed by atoms with Crippen LogP contribution in [0.2, 0.25) is 6.32 Å². The lowest BCUT2D eigenvalue weighted by atomic mass is 9.78. The zero-order chi connectivity index (χ0) is 16.4. The van der Waals surface area contributed by atoms with E-state index < -0.39 is 7.12 Å². The zero-order valence-electron chi connectivity index (χ0n) is 13.9. The topological polar surface area (TPSA) is 69.5 Å². The smallest absolute Gasteiger partial charge is 0.427 e. The Morgan fingerprint density at radius 1 is 1.13 bits per heavy atom. The van der Waals surface area contributed by atoms with Crippen molar-refractivity contribution in [1.29, 1.82) is 0 Å². The molecule has 1 aliphatic rings. The van der Waals surface area contributed by atoms with Gasteiger partial charge in [-0.1, -0.05) is 6.42 Å². The summed E-state index contributed by atoms with van der Waals surface area (Å²) in [5.41, 5.74) is 3.52. The van der Waals surface area contributed by atoms with Crippen LogP contribution in [0.4, 0.5) is 5.82 Å². The molecule has 0 unspecified atom stereocenters. The molecular formula is C17H24BN3O2. The number of nitrogens with zero attached hydrogens (tertiary/aromatic N) is 3. The highest BCUT2D eigenvalue weighted by molar-refractivity contribution is 6.40. The molecular weight excluding hydrogens is 289 g/mol. The van der Waals surface area contributed by atoms with Crippen LogP contribution in [0.1, 0.15) is 30.4 Å². The fraction of sp³-hybridized carbons (Fsp3) is 0.529. The van der Waals surface area contributed by atoms with Crippen molar-refractivity contribution in [2.45, 2.75) is 39.4 Å². The molecule has 122 valence electrons. The fourth-order valence-electron chi connectivity index (χ4n) is 3.37. The third kappa shape index (κ3) is 3.64. The molecule has 23 heavy (non-hydrogen) atoms. The van der Waals surface area contributed by atoms with E-state index in [0.29, 0.717) is 12.2 Å². The predicted octanol–water partition coefficient (Wildman–Crippen LogP) is 2.33. The van der Waals surface area contributed by atoms with E-state index in [4.69, 9.17) is 10.0 Å². The number of aromatic nitrogens is 2. The molecule has 1 aliphatic heterocycles. The molecule has 2 N–H and O–H groups in total. The van der Waals surface area contributed by atoms with Crippen LogP contribution in [0, 0.1) is 19.8 Å². The summed E-state index contributed by atoms with van der Waals surface area (Å²) in [4.78, 5) is 11.3.